The number of nitrogens with one attached hydrogen (secondary N) is 1. The van der Waals surface area contributed by atoms with E-state index in [-0.39, 0.29) is 11.6 Å². The van der Waals surface area contributed by atoms with Crippen molar-refractivity contribution < 1.29 is 12.8 Å². The predicted molar refractivity (Wildman–Crippen MR) is 110 cm³/mol. The van der Waals surface area contributed by atoms with Crippen LogP contribution < -0.4 is 4.72 Å². The summed E-state index contributed by atoms with van der Waals surface area (Å²) in [6.07, 6.45) is 5.04. The fraction of sp³-hybridized carbons (Fsp3) is 0.286. The van der Waals surface area contributed by atoms with E-state index in [0.717, 1.165) is 35.6 Å². The van der Waals surface area contributed by atoms with Crippen molar-refractivity contribution >= 4 is 26.6 Å². The first kappa shape index (κ1) is 19.9. The van der Waals surface area contributed by atoms with Crippen LogP contribution in [0.15, 0.2) is 42.6 Å². The molecule has 3 aromatic rings. The monoisotopic (exact) mass is 399 g/mol. The first-order valence-corrected chi connectivity index (χ1v) is 10.9. The van der Waals surface area contributed by atoms with E-state index in [2.05, 4.69) is 23.1 Å². The maximum atomic E-state index is 14.2. The zero-order valence-corrected chi connectivity index (χ0v) is 16.8. The normalized spacial score (nSPS) is 12.7. The second kappa shape index (κ2) is 7.64. The van der Waals surface area contributed by atoms with Gasteiger partial charge >= 0.3 is 0 Å². The molecule has 7 heteroatoms. The minimum atomic E-state index is -3.39. The van der Waals surface area contributed by atoms with Gasteiger partial charge in [-0.05, 0) is 43.2 Å². The third-order valence-electron chi connectivity index (χ3n) is 4.72. The average Bonchev–Trinajstić information content (AvgIpc) is 2.99. The highest BCUT2D eigenvalue weighted by Crippen LogP contribution is 2.35. The number of hydrogen-bond acceptors (Lipinski definition) is 3. The molecule has 146 valence electrons. The largest absolute Gasteiger partial charge is 0.344 e. The van der Waals surface area contributed by atoms with Gasteiger partial charge in [-0.1, -0.05) is 25.5 Å². The summed E-state index contributed by atoms with van der Waals surface area (Å²) in [6.45, 7) is 4.21. The molecule has 0 aliphatic heterocycles. The van der Waals surface area contributed by atoms with Crippen LogP contribution in [0.3, 0.4) is 0 Å². The van der Waals surface area contributed by atoms with Crippen molar-refractivity contribution in [1.82, 2.24) is 4.57 Å². The number of nitriles is 1. The summed E-state index contributed by atoms with van der Waals surface area (Å²) in [5, 5.41) is 9.86. The molecule has 0 saturated heterocycles. The van der Waals surface area contributed by atoms with Gasteiger partial charge < -0.3 is 4.57 Å². The van der Waals surface area contributed by atoms with Crippen LogP contribution >= 0.6 is 0 Å². The quantitative estimate of drug-likeness (QED) is 0.630. The summed E-state index contributed by atoms with van der Waals surface area (Å²) in [5.74, 6) is -0.558. The zero-order chi connectivity index (χ0) is 20.5. The average molecular weight is 399 g/mol. The lowest BCUT2D eigenvalue weighted by Crippen LogP contribution is -2.09. The molecule has 0 amide bonds. The molecule has 0 radical (unpaired) electrons. The van der Waals surface area contributed by atoms with Crippen molar-refractivity contribution in [2.24, 2.45) is 0 Å². The van der Waals surface area contributed by atoms with E-state index >= 15 is 0 Å². The Bertz CT molecular complexity index is 1180. The van der Waals surface area contributed by atoms with Crippen molar-refractivity contribution in [3.8, 4) is 17.2 Å². The van der Waals surface area contributed by atoms with E-state index in [1.165, 1.54) is 12.1 Å². The number of halogens is 1. The molecule has 5 nitrogen and oxygen atoms in total. The Balaban J connectivity index is 2.21. The summed E-state index contributed by atoms with van der Waals surface area (Å²) in [5.41, 5.74) is 2.87. The lowest BCUT2D eigenvalue weighted by molar-refractivity contribution is 0.515. The summed E-state index contributed by atoms with van der Waals surface area (Å²) in [6, 6.07) is 11.9. The molecule has 1 aromatic heterocycles. The highest BCUT2D eigenvalue weighted by atomic mass is 32.2. The number of aromatic nitrogens is 1. The number of anilines is 1. The number of hydrogen-bond donors (Lipinski definition) is 1. The molecule has 0 aliphatic rings. The van der Waals surface area contributed by atoms with E-state index in [0.29, 0.717) is 11.3 Å². The number of fused-ring (bicyclic) bond motifs is 1. The Morgan fingerprint density at radius 2 is 2.00 bits per heavy atom. The van der Waals surface area contributed by atoms with E-state index < -0.39 is 15.8 Å². The number of rotatable bonds is 6. The van der Waals surface area contributed by atoms with Crippen molar-refractivity contribution in [2.45, 2.75) is 32.7 Å². The first-order valence-electron chi connectivity index (χ1n) is 9.06. The minimum Gasteiger partial charge on any atom is -0.344 e. The molecular weight excluding hydrogens is 377 g/mol. The zero-order valence-electron chi connectivity index (χ0n) is 16.0. The highest BCUT2D eigenvalue weighted by Gasteiger charge is 2.16. The second-order valence-corrected chi connectivity index (χ2v) is 8.75. The molecule has 0 aliphatic carbocycles. The second-order valence-electron chi connectivity index (χ2n) is 7.00. The van der Waals surface area contributed by atoms with E-state index in [1.54, 1.807) is 18.2 Å². The Morgan fingerprint density at radius 1 is 1.25 bits per heavy atom. The molecule has 0 spiro atoms. The van der Waals surface area contributed by atoms with Gasteiger partial charge in [0.1, 0.15) is 11.9 Å². The van der Waals surface area contributed by atoms with Crippen molar-refractivity contribution in [1.29, 1.82) is 5.26 Å². The topological polar surface area (TPSA) is 74.9 Å². The Labute approximate surface area is 164 Å². The van der Waals surface area contributed by atoms with Crippen LogP contribution in [0.25, 0.3) is 22.0 Å². The SMILES string of the molecule is CCCC(C)n1cc(-c2ccc(C#N)c(F)c2)c2ccc(NS(C)(=O)=O)cc21. The molecule has 1 unspecified atom stereocenters. The standard InChI is InChI=1S/C21H22FN3O2S/c1-4-5-14(2)25-13-19(15-6-7-16(12-23)20(22)10-15)18-9-8-17(11-21(18)25)24-28(3,26)27/h6-11,13-14,24H,4-5H2,1-3H3. The van der Waals surface area contributed by atoms with Crippen molar-refractivity contribution in [3.63, 3.8) is 0 Å². The molecular formula is C21H22FN3O2S. The van der Waals surface area contributed by atoms with Crippen LogP contribution in [-0.2, 0) is 10.0 Å². The van der Waals surface area contributed by atoms with Gasteiger partial charge in [-0.25, -0.2) is 12.8 Å². The molecule has 2 aromatic carbocycles. The number of benzene rings is 2. The van der Waals surface area contributed by atoms with E-state index in [1.807, 2.05) is 18.3 Å². The molecule has 0 saturated carbocycles. The molecule has 1 heterocycles. The highest BCUT2D eigenvalue weighted by molar-refractivity contribution is 7.92. The molecule has 1 N–H and O–H groups in total. The lowest BCUT2D eigenvalue weighted by Gasteiger charge is -2.14. The van der Waals surface area contributed by atoms with Crippen molar-refractivity contribution in [2.75, 3.05) is 11.0 Å². The van der Waals surface area contributed by atoms with Gasteiger partial charge in [-0.3, -0.25) is 4.72 Å². The third-order valence-corrected chi connectivity index (χ3v) is 5.33. The van der Waals surface area contributed by atoms with Gasteiger partial charge in [0.25, 0.3) is 0 Å². The number of sulfonamides is 1. The van der Waals surface area contributed by atoms with Gasteiger partial charge in [0, 0.05) is 23.2 Å². The maximum absolute atomic E-state index is 14.2. The summed E-state index contributed by atoms with van der Waals surface area (Å²) >= 11 is 0. The van der Waals surface area contributed by atoms with Crippen LogP contribution in [0.5, 0.6) is 0 Å². The van der Waals surface area contributed by atoms with Crippen molar-refractivity contribution in [3.05, 3.63) is 54.0 Å². The third kappa shape index (κ3) is 4.02. The molecule has 28 heavy (non-hydrogen) atoms. The Morgan fingerprint density at radius 3 is 2.61 bits per heavy atom. The van der Waals surface area contributed by atoms with Gasteiger partial charge in [-0.2, -0.15) is 5.26 Å². The lowest BCUT2D eigenvalue weighted by atomic mass is 10.0. The van der Waals surface area contributed by atoms with E-state index in [9.17, 15) is 12.8 Å². The van der Waals surface area contributed by atoms with Crippen LogP contribution in [0.4, 0.5) is 10.1 Å². The van der Waals surface area contributed by atoms with Crippen LogP contribution in [0.1, 0.15) is 38.3 Å². The van der Waals surface area contributed by atoms with Gasteiger partial charge in [0.2, 0.25) is 10.0 Å². The maximum Gasteiger partial charge on any atom is 0.229 e. The van der Waals surface area contributed by atoms with Gasteiger partial charge in [0.05, 0.1) is 23.0 Å². The molecule has 1 atom stereocenters. The van der Waals surface area contributed by atoms with Crippen LogP contribution in [-0.4, -0.2) is 19.2 Å². The fourth-order valence-corrected chi connectivity index (χ4v) is 4.01. The first-order chi connectivity index (χ1) is 13.2. The summed E-state index contributed by atoms with van der Waals surface area (Å²) < 4.78 is 42.0. The van der Waals surface area contributed by atoms with Crippen LogP contribution in [0, 0.1) is 17.1 Å². The van der Waals surface area contributed by atoms with Gasteiger partial charge in [0.15, 0.2) is 0 Å². The predicted octanol–water partition coefficient (Wildman–Crippen LogP) is 5.05. The Hall–Kier alpha value is -2.85. The summed E-state index contributed by atoms with van der Waals surface area (Å²) in [4.78, 5) is 0. The molecule has 0 bridgehead atoms. The minimum absolute atomic E-state index is 0.00600. The summed E-state index contributed by atoms with van der Waals surface area (Å²) in [7, 11) is -3.39. The van der Waals surface area contributed by atoms with Crippen LogP contribution in [0.2, 0.25) is 0 Å². The fourth-order valence-electron chi connectivity index (χ4n) is 3.45. The molecule has 3 rings (SSSR count). The number of nitrogens with zero attached hydrogens (tertiary/aromatic N) is 2. The molecule has 0 fully saturated rings. The van der Waals surface area contributed by atoms with Gasteiger partial charge in [-0.15, -0.1) is 0 Å². The van der Waals surface area contributed by atoms with E-state index in [4.69, 9.17) is 5.26 Å². The Kier molecular flexibility index (Phi) is 5.43. The smallest absolute Gasteiger partial charge is 0.229 e.